The molecule has 28 heavy (non-hydrogen) atoms. The Morgan fingerprint density at radius 1 is 0.857 bits per heavy atom. The van der Waals surface area contributed by atoms with E-state index in [9.17, 15) is 14.4 Å². The number of amides is 3. The molecule has 3 amide bonds. The Balaban J connectivity index is 1.97. The summed E-state index contributed by atoms with van der Waals surface area (Å²) in [6.45, 7) is 5.63. The Labute approximate surface area is 169 Å². The lowest BCUT2D eigenvalue weighted by atomic mass is 10.0. The molecule has 0 saturated carbocycles. The zero-order valence-corrected chi connectivity index (χ0v) is 16.8. The molecule has 148 valence electrons. The SMILES string of the molecule is CCc1ccc(C(=O)NNC(=O)[C@@H](NC(=O)c2ccc(Cl)cc2)C(C)C)cc1. The molecule has 0 radical (unpaired) electrons. The highest BCUT2D eigenvalue weighted by molar-refractivity contribution is 6.30. The Kier molecular flexibility index (Phi) is 7.58. The molecule has 0 bridgehead atoms. The van der Waals surface area contributed by atoms with E-state index in [0.29, 0.717) is 16.1 Å². The van der Waals surface area contributed by atoms with E-state index in [0.717, 1.165) is 12.0 Å². The quantitative estimate of drug-likeness (QED) is 0.650. The molecule has 0 unspecified atom stereocenters. The molecule has 2 aromatic rings. The zero-order chi connectivity index (χ0) is 20.7. The third kappa shape index (κ3) is 5.82. The third-order valence-electron chi connectivity index (χ3n) is 4.27. The van der Waals surface area contributed by atoms with Crippen LogP contribution in [-0.4, -0.2) is 23.8 Å². The average molecular weight is 402 g/mol. The summed E-state index contributed by atoms with van der Waals surface area (Å²) in [7, 11) is 0. The van der Waals surface area contributed by atoms with Gasteiger partial charge in [-0.3, -0.25) is 25.2 Å². The highest BCUT2D eigenvalue weighted by Crippen LogP contribution is 2.11. The van der Waals surface area contributed by atoms with Crippen molar-refractivity contribution in [3.8, 4) is 0 Å². The standard InChI is InChI=1S/C21H24ClN3O3/c1-4-14-5-7-16(8-6-14)20(27)24-25-21(28)18(13(2)3)23-19(26)15-9-11-17(22)12-10-15/h5-13,18H,4H2,1-3H3,(H,23,26)(H,24,27)(H,25,28)/t18-/m0/s1. The summed E-state index contributed by atoms with van der Waals surface area (Å²) in [5.41, 5.74) is 6.71. The van der Waals surface area contributed by atoms with E-state index in [1.165, 1.54) is 0 Å². The molecule has 0 heterocycles. The summed E-state index contributed by atoms with van der Waals surface area (Å²) in [6.07, 6.45) is 0.877. The van der Waals surface area contributed by atoms with E-state index in [-0.39, 0.29) is 5.92 Å². The van der Waals surface area contributed by atoms with Gasteiger partial charge in [-0.05, 0) is 54.3 Å². The Bertz CT molecular complexity index is 833. The fourth-order valence-electron chi connectivity index (χ4n) is 2.52. The minimum absolute atomic E-state index is 0.183. The average Bonchev–Trinajstić information content (AvgIpc) is 2.70. The summed E-state index contributed by atoms with van der Waals surface area (Å²) in [5.74, 6) is -1.51. The van der Waals surface area contributed by atoms with Crippen molar-refractivity contribution >= 4 is 29.3 Å². The van der Waals surface area contributed by atoms with Crippen LogP contribution in [-0.2, 0) is 11.2 Å². The molecule has 3 N–H and O–H groups in total. The lowest BCUT2D eigenvalue weighted by Gasteiger charge is -2.22. The fourth-order valence-corrected chi connectivity index (χ4v) is 2.65. The number of carbonyl (C=O) groups excluding carboxylic acids is 3. The first kappa shape index (κ1) is 21.4. The van der Waals surface area contributed by atoms with Crippen molar-refractivity contribution < 1.29 is 14.4 Å². The fraction of sp³-hybridized carbons (Fsp3) is 0.286. The predicted molar refractivity (Wildman–Crippen MR) is 109 cm³/mol. The number of carbonyl (C=O) groups is 3. The van der Waals surface area contributed by atoms with Crippen LogP contribution < -0.4 is 16.2 Å². The van der Waals surface area contributed by atoms with E-state index >= 15 is 0 Å². The minimum atomic E-state index is -0.814. The van der Waals surface area contributed by atoms with Gasteiger partial charge in [-0.2, -0.15) is 0 Å². The maximum atomic E-state index is 12.5. The van der Waals surface area contributed by atoms with Crippen LogP contribution in [0.15, 0.2) is 48.5 Å². The molecule has 6 nitrogen and oxygen atoms in total. The summed E-state index contributed by atoms with van der Waals surface area (Å²) in [4.78, 5) is 37.0. The van der Waals surface area contributed by atoms with Gasteiger partial charge in [-0.25, -0.2) is 0 Å². The van der Waals surface area contributed by atoms with Gasteiger partial charge >= 0.3 is 0 Å². The lowest BCUT2D eigenvalue weighted by molar-refractivity contribution is -0.124. The third-order valence-corrected chi connectivity index (χ3v) is 4.52. The van der Waals surface area contributed by atoms with Crippen LogP contribution in [0.25, 0.3) is 0 Å². The molecule has 0 aliphatic rings. The number of hydrogen-bond donors (Lipinski definition) is 3. The van der Waals surface area contributed by atoms with Crippen LogP contribution in [0.1, 0.15) is 47.1 Å². The summed E-state index contributed by atoms with van der Waals surface area (Å²) >= 11 is 5.83. The van der Waals surface area contributed by atoms with Crippen LogP contribution in [0.4, 0.5) is 0 Å². The molecule has 2 aromatic carbocycles. The molecule has 0 spiro atoms. The largest absolute Gasteiger partial charge is 0.340 e. The van der Waals surface area contributed by atoms with Crippen molar-refractivity contribution in [3.63, 3.8) is 0 Å². The first-order valence-corrected chi connectivity index (χ1v) is 9.45. The van der Waals surface area contributed by atoms with Crippen LogP contribution in [0.2, 0.25) is 5.02 Å². The molecular weight excluding hydrogens is 378 g/mol. The first-order valence-electron chi connectivity index (χ1n) is 9.07. The van der Waals surface area contributed by atoms with Gasteiger partial charge in [0.05, 0.1) is 0 Å². The van der Waals surface area contributed by atoms with Gasteiger partial charge < -0.3 is 5.32 Å². The second kappa shape index (κ2) is 9.90. The topological polar surface area (TPSA) is 87.3 Å². The van der Waals surface area contributed by atoms with Crippen molar-refractivity contribution in [1.82, 2.24) is 16.2 Å². The van der Waals surface area contributed by atoms with Crippen molar-refractivity contribution in [2.24, 2.45) is 5.92 Å². The van der Waals surface area contributed by atoms with Crippen molar-refractivity contribution in [2.45, 2.75) is 33.2 Å². The van der Waals surface area contributed by atoms with E-state index in [2.05, 4.69) is 16.2 Å². The highest BCUT2D eigenvalue weighted by Gasteiger charge is 2.25. The van der Waals surface area contributed by atoms with Gasteiger partial charge in [-0.1, -0.05) is 44.5 Å². The second-order valence-corrected chi connectivity index (χ2v) is 7.13. The number of benzene rings is 2. The van der Waals surface area contributed by atoms with E-state index in [1.807, 2.05) is 19.1 Å². The minimum Gasteiger partial charge on any atom is -0.340 e. The van der Waals surface area contributed by atoms with Gasteiger partial charge in [0.1, 0.15) is 6.04 Å². The number of aryl methyl sites for hydroxylation is 1. The molecular formula is C21H24ClN3O3. The van der Waals surface area contributed by atoms with Gasteiger partial charge in [0.25, 0.3) is 17.7 Å². The van der Waals surface area contributed by atoms with Crippen molar-refractivity contribution in [3.05, 3.63) is 70.2 Å². The van der Waals surface area contributed by atoms with Gasteiger partial charge in [0, 0.05) is 16.1 Å². The predicted octanol–water partition coefficient (Wildman–Crippen LogP) is 3.12. The lowest BCUT2D eigenvalue weighted by Crippen LogP contribution is -2.54. The van der Waals surface area contributed by atoms with Crippen molar-refractivity contribution in [2.75, 3.05) is 0 Å². The molecule has 7 heteroatoms. The Hall–Kier alpha value is -2.86. The molecule has 0 saturated heterocycles. The van der Waals surface area contributed by atoms with Gasteiger partial charge in [-0.15, -0.1) is 0 Å². The second-order valence-electron chi connectivity index (χ2n) is 6.70. The number of halogens is 1. The molecule has 2 rings (SSSR count). The van der Waals surface area contributed by atoms with Crippen LogP contribution in [0.5, 0.6) is 0 Å². The van der Waals surface area contributed by atoms with E-state index in [1.54, 1.807) is 50.2 Å². The van der Waals surface area contributed by atoms with E-state index in [4.69, 9.17) is 11.6 Å². The molecule has 0 aromatic heterocycles. The van der Waals surface area contributed by atoms with Gasteiger partial charge in [0.15, 0.2) is 0 Å². The molecule has 0 fully saturated rings. The first-order chi connectivity index (χ1) is 13.3. The number of rotatable bonds is 6. The van der Waals surface area contributed by atoms with Crippen LogP contribution >= 0.6 is 11.6 Å². The molecule has 1 atom stereocenters. The zero-order valence-electron chi connectivity index (χ0n) is 16.1. The Morgan fingerprint density at radius 2 is 1.39 bits per heavy atom. The Morgan fingerprint density at radius 3 is 1.93 bits per heavy atom. The van der Waals surface area contributed by atoms with Crippen LogP contribution in [0.3, 0.4) is 0 Å². The maximum absolute atomic E-state index is 12.5. The number of hydrogen-bond acceptors (Lipinski definition) is 3. The maximum Gasteiger partial charge on any atom is 0.269 e. The summed E-state index contributed by atoms with van der Waals surface area (Å²) in [5, 5.41) is 3.20. The molecule has 0 aliphatic carbocycles. The van der Waals surface area contributed by atoms with Crippen molar-refractivity contribution in [1.29, 1.82) is 0 Å². The normalized spacial score (nSPS) is 11.6. The summed E-state index contributed by atoms with van der Waals surface area (Å²) in [6, 6.07) is 12.7. The van der Waals surface area contributed by atoms with Gasteiger partial charge in [0.2, 0.25) is 0 Å². The number of hydrazine groups is 1. The monoisotopic (exact) mass is 401 g/mol. The van der Waals surface area contributed by atoms with E-state index < -0.39 is 23.8 Å². The molecule has 0 aliphatic heterocycles. The highest BCUT2D eigenvalue weighted by atomic mass is 35.5. The smallest absolute Gasteiger partial charge is 0.269 e. The number of nitrogens with one attached hydrogen (secondary N) is 3. The summed E-state index contributed by atoms with van der Waals surface area (Å²) < 4.78 is 0. The van der Waals surface area contributed by atoms with Crippen LogP contribution in [0, 0.1) is 5.92 Å².